The maximum atomic E-state index is 6.07. The largest absolute Gasteiger partial charge is 0.369 e. The average molecular weight is 316 g/mol. The second-order valence-corrected chi connectivity index (χ2v) is 6.38. The molecule has 5 heteroatoms. The summed E-state index contributed by atoms with van der Waals surface area (Å²) in [4.78, 5) is 6.69. The molecule has 1 fully saturated rings. The van der Waals surface area contributed by atoms with Gasteiger partial charge in [-0.1, -0.05) is 42.5 Å². The molecule has 2 rings (SSSR count). The van der Waals surface area contributed by atoms with Crippen LogP contribution in [0.4, 0.5) is 5.82 Å². The number of pyridine rings is 1. The van der Waals surface area contributed by atoms with Crippen LogP contribution < -0.4 is 5.32 Å². The first-order valence-electron chi connectivity index (χ1n) is 7.42. The Morgan fingerprint density at radius 2 is 2.05 bits per heavy atom. The molecule has 3 nitrogen and oxygen atoms in total. The molecule has 112 valence electrons. The minimum Gasteiger partial charge on any atom is -0.369 e. The lowest BCUT2D eigenvalue weighted by molar-refractivity contribution is 0.191. The zero-order chi connectivity index (χ0) is 14.4. The molecule has 1 saturated carbocycles. The smallest absolute Gasteiger partial charge is 0.144 e. The van der Waals surface area contributed by atoms with Gasteiger partial charge in [-0.25, -0.2) is 4.98 Å². The molecular weight excluding hydrogens is 293 g/mol. The molecule has 0 radical (unpaired) electrons. The van der Waals surface area contributed by atoms with Gasteiger partial charge in [-0.05, 0) is 38.9 Å². The Morgan fingerprint density at radius 3 is 2.75 bits per heavy atom. The molecule has 0 aromatic carbocycles. The molecule has 20 heavy (non-hydrogen) atoms. The summed E-state index contributed by atoms with van der Waals surface area (Å²) in [5, 5.41) is 4.42. The quantitative estimate of drug-likeness (QED) is 0.786. The van der Waals surface area contributed by atoms with Gasteiger partial charge in [0.2, 0.25) is 0 Å². The van der Waals surface area contributed by atoms with Crippen molar-refractivity contribution in [2.24, 2.45) is 0 Å². The summed E-state index contributed by atoms with van der Waals surface area (Å²) in [6, 6.07) is 2.49. The maximum absolute atomic E-state index is 6.07. The molecule has 1 N–H and O–H groups in total. The Hall–Kier alpha value is -0.510. The van der Waals surface area contributed by atoms with Crippen LogP contribution in [-0.2, 0) is 0 Å². The summed E-state index contributed by atoms with van der Waals surface area (Å²) in [7, 11) is 2.24. The highest BCUT2D eigenvalue weighted by atomic mass is 35.5. The molecule has 1 aromatic heterocycles. The molecule has 0 saturated heterocycles. The van der Waals surface area contributed by atoms with Gasteiger partial charge < -0.3 is 10.2 Å². The van der Waals surface area contributed by atoms with Crippen molar-refractivity contribution in [2.75, 3.05) is 25.5 Å². The van der Waals surface area contributed by atoms with Crippen molar-refractivity contribution in [1.29, 1.82) is 0 Å². The average Bonchev–Trinajstić information content (AvgIpc) is 2.46. The number of hydrogen-bond donors (Lipinski definition) is 1. The van der Waals surface area contributed by atoms with Gasteiger partial charge in [-0.2, -0.15) is 0 Å². The van der Waals surface area contributed by atoms with Gasteiger partial charge in [0.1, 0.15) is 5.82 Å². The first-order valence-corrected chi connectivity index (χ1v) is 8.17. The summed E-state index contributed by atoms with van der Waals surface area (Å²) in [6.07, 6.45) is 9.60. The molecule has 0 aliphatic heterocycles. The van der Waals surface area contributed by atoms with Crippen molar-refractivity contribution in [2.45, 2.75) is 44.6 Å². The second-order valence-electron chi connectivity index (χ2n) is 5.54. The van der Waals surface area contributed by atoms with E-state index in [1.54, 1.807) is 12.3 Å². The SMILES string of the molecule is CN(CCCNc1ncc(Cl)cc1Cl)C1CCCCC1. The van der Waals surface area contributed by atoms with Crippen molar-refractivity contribution in [3.05, 3.63) is 22.3 Å². The third-order valence-corrected chi connectivity index (χ3v) is 4.48. The highest BCUT2D eigenvalue weighted by Gasteiger charge is 2.17. The van der Waals surface area contributed by atoms with Crippen molar-refractivity contribution < 1.29 is 0 Å². The molecule has 0 atom stereocenters. The third kappa shape index (κ3) is 4.80. The molecule has 1 aliphatic rings. The van der Waals surface area contributed by atoms with Crippen LogP contribution in [0.2, 0.25) is 10.0 Å². The van der Waals surface area contributed by atoms with Gasteiger partial charge in [0.15, 0.2) is 0 Å². The zero-order valence-corrected chi connectivity index (χ0v) is 13.6. The Kier molecular flexibility index (Phi) is 6.40. The monoisotopic (exact) mass is 315 g/mol. The normalized spacial score (nSPS) is 16.6. The number of nitrogens with zero attached hydrogens (tertiary/aromatic N) is 2. The number of aromatic nitrogens is 1. The van der Waals surface area contributed by atoms with Gasteiger partial charge in [0.05, 0.1) is 10.0 Å². The highest BCUT2D eigenvalue weighted by Crippen LogP contribution is 2.23. The summed E-state index contributed by atoms with van der Waals surface area (Å²) in [5.74, 6) is 0.719. The van der Waals surface area contributed by atoms with E-state index in [4.69, 9.17) is 23.2 Å². The van der Waals surface area contributed by atoms with Crippen molar-refractivity contribution in [1.82, 2.24) is 9.88 Å². The standard InChI is InChI=1S/C15H23Cl2N3/c1-20(13-6-3-2-4-7-13)9-5-8-18-15-14(17)10-12(16)11-19-15/h10-11,13H,2-9H2,1H3,(H,18,19). The van der Waals surface area contributed by atoms with Crippen LogP contribution in [0.3, 0.4) is 0 Å². The lowest BCUT2D eigenvalue weighted by Crippen LogP contribution is -2.34. The molecule has 0 unspecified atom stereocenters. The van der Waals surface area contributed by atoms with E-state index in [0.29, 0.717) is 10.0 Å². The van der Waals surface area contributed by atoms with E-state index in [1.165, 1.54) is 32.1 Å². The van der Waals surface area contributed by atoms with Crippen LogP contribution in [0.25, 0.3) is 0 Å². The van der Waals surface area contributed by atoms with Gasteiger partial charge in [0, 0.05) is 18.8 Å². The topological polar surface area (TPSA) is 28.2 Å². The minimum absolute atomic E-state index is 0.567. The molecule has 1 aromatic rings. The fourth-order valence-corrected chi connectivity index (χ4v) is 3.23. The zero-order valence-electron chi connectivity index (χ0n) is 12.0. The van der Waals surface area contributed by atoms with E-state index in [-0.39, 0.29) is 0 Å². The fourth-order valence-electron chi connectivity index (χ4n) is 2.78. The lowest BCUT2D eigenvalue weighted by atomic mass is 9.94. The van der Waals surface area contributed by atoms with E-state index in [2.05, 4.69) is 22.2 Å². The van der Waals surface area contributed by atoms with E-state index in [9.17, 15) is 0 Å². The molecule has 0 amide bonds. The first kappa shape index (κ1) is 15.9. The molecule has 1 aliphatic carbocycles. The number of hydrogen-bond acceptors (Lipinski definition) is 3. The van der Waals surface area contributed by atoms with E-state index < -0.39 is 0 Å². The number of anilines is 1. The van der Waals surface area contributed by atoms with E-state index >= 15 is 0 Å². The highest BCUT2D eigenvalue weighted by molar-refractivity contribution is 6.35. The first-order chi connectivity index (χ1) is 9.66. The molecule has 0 bridgehead atoms. The molecular formula is C15H23Cl2N3. The van der Waals surface area contributed by atoms with Crippen LogP contribution in [0.1, 0.15) is 38.5 Å². The van der Waals surface area contributed by atoms with Crippen molar-refractivity contribution >= 4 is 29.0 Å². The summed E-state index contributed by atoms with van der Waals surface area (Å²) >= 11 is 11.9. The minimum atomic E-state index is 0.567. The van der Waals surface area contributed by atoms with Gasteiger partial charge in [-0.15, -0.1) is 0 Å². The van der Waals surface area contributed by atoms with Gasteiger partial charge in [0.25, 0.3) is 0 Å². The Labute approximate surface area is 131 Å². The van der Waals surface area contributed by atoms with Crippen molar-refractivity contribution in [3.8, 4) is 0 Å². The fraction of sp³-hybridized carbons (Fsp3) is 0.667. The van der Waals surface area contributed by atoms with Gasteiger partial charge in [-0.3, -0.25) is 0 Å². The lowest BCUT2D eigenvalue weighted by Gasteiger charge is -2.31. The maximum Gasteiger partial charge on any atom is 0.144 e. The van der Waals surface area contributed by atoms with Crippen LogP contribution in [-0.4, -0.2) is 36.1 Å². The summed E-state index contributed by atoms with van der Waals surface area (Å²) in [5.41, 5.74) is 0. The number of nitrogens with one attached hydrogen (secondary N) is 1. The van der Waals surface area contributed by atoms with Crippen LogP contribution >= 0.6 is 23.2 Å². The summed E-state index contributed by atoms with van der Waals surface area (Å²) < 4.78 is 0. The number of rotatable bonds is 6. The third-order valence-electron chi connectivity index (χ3n) is 3.99. The summed E-state index contributed by atoms with van der Waals surface area (Å²) in [6.45, 7) is 1.99. The molecule has 1 heterocycles. The van der Waals surface area contributed by atoms with Crippen LogP contribution in [0.15, 0.2) is 12.3 Å². The van der Waals surface area contributed by atoms with Crippen molar-refractivity contribution in [3.63, 3.8) is 0 Å². The number of halogens is 2. The van der Waals surface area contributed by atoms with E-state index in [1.807, 2.05) is 0 Å². The predicted molar refractivity (Wildman–Crippen MR) is 86.9 cm³/mol. The van der Waals surface area contributed by atoms with E-state index in [0.717, 1.165) is 31.4 Å². The van der Waals surface area contributed by atoms with Gasteiger partial charge >= 0.3 is 0 Å². The van der Waals surface area contributed by atoms with Crippen LogP contribution in [0.5, 0.6) is 0 Å². The Morgan fingerprint density at radius 1 is 1.30 bits per heavy atom. The Balaban J connectivity index is 1.68. The second kappa shape index (κ2) is 8.06. The Bertz CT molecular complexity index is 420. The van der Waals surface area contributed by atoms with Crippen LogP contribution in [0, 0.1) is 0 Å². The molecule has 0 spiro atoms. The predicted octanol–water partition coefficient (Wildman–Crippen LogP) is 4.45.